The summed E-state index contributed by atoms with van der Waals surface area (Å²) in [6, 6.07) is 5.53. The number of nitrogens with one attached hydrogen (secondary N) is 1. The highest BCUT2D eigenvalue weighted by Gasteiger charge is 2.29. The SMILES string of the molecule is Cc1cc(NC(=O)C2CC2)ccc1Cl. The van der Waals surface area contributed by atoms with Crippen LogP contribution < -0.4 is 5.32 Å². The van der Waals surface area contributed by atoms with Crippen molar-refractivity contribution in [2.75, 3.05) is 5.32 Å². The van der Waals surface area contributed by atoms with E-state index in [9.17, 15) is 4.79 Å². The van der Waals surface area contributed by atoms with Crippen LogP contribution in [0.2, 0.25) is 5.02 Å². The predicted molar refractivity (Wildman–Crippen MR) is 57.5 cm³/mol. The van der Waals surface area contributed by atoms with E-state index in [1.54, 1.807) is 6.07 Å². The van der Waals surface area contributed by atoms with Gasteiger partial charge in [0.2, 0.25) is 5.91 Å². The third-order valence-electron chi connectivity index (χ3n) is 2.37. The van der Waals surface area contributed by atoms with Crippen molar-refractivity contribution in [3.05, 3.63) is 28.8 Å². The monoisotopic (exact) mass is 209 g/mol. The van der Waals surface area contributed by atoms with Crippen molar-refractivity contribution in [3.8, 4) is 0 Å². The zero-order valence-corrected chi connectivity index (χ0v) is 8.77. The maximum absolute atomic E-state index is 11.4. The van der Waals surface area contributed by atoms with E-state index in [0.29, 0.717) is 0 Å². The molecule has 1 amide bonds. The van der Waals surface area contributed by atoms with Crippen molar-refractivity contribution in [2.45, 2.75) is 19.8 Å². The number of carbonyl (C=O) groups excluding carboxylic acids is 1. The van der Waals surface area contributed by atoms with Crippen LogP contribution in [0, 0.1) is 12.8 Å². The minimum atomic E-state index is 0.131. The molecule has 1 saturated carbocycles. The van der Waals surface area contributed by atoms with Crippen LogP contribution >= 0.6 is 11.6 Å². The van der Waals surface area contributed by atoms with Crippen LogP contribution in [0.15, 0.2) is 18.2 Å². The Kier molecular flexibility index (Phi) is 2.46. The molecule has 0 saturated heterocycles. The van der Waals surface area contributed by atoms with Gasteiger partial charge < -0.3 is 5.32 Å². The van der Waals surface area contributed by atoms with Crippen LogP contribution in [-0.2, 0) is 4.79 Å². The molecule has 1 aromatic rings. The Hall–Kier alpha value is -1.02. The topological polar surface area (TPSA) is 29.1 Å². The maximum Gasteiger partial charge on any atom is 0.227 e. The molecule has 14 heavy (non-hydrogen) atoms. The quantitative estimate of drug-likeness (QED) is 0.797. The van der Waals surface area contributed by atoms with Crippen molar-refractivity contribution in [1.29, 1.82) is 0 Å². The molecule has 0 radical (unpaired) electrons. The van der Waals surface area contributed by atoms with Gasteiger partial charge in [-0.2, -0.15) is 0 Å². The van der Waals surface area contributed by atoms with E-state index in [4.69, 9.17) is 11.6 Å². The van der Waals surface area contributed by atoms with Gasteiger partial charge >= 0.3 is 0 Å². The number of carbonyl (C=O) groups is 1. The van der Waals surface area contributed by atoms with Gasteiger partial charge in [0.25, 0.3) is 0 Å². The van der Waals surface area contributed by atoms with Crippen molar-refractivity contribution in [1.82, 2.24) is 0 Å². The molecule has 2 nitrogen and oxygen atoms in total. The third kappa shape index (κ3) is 2.07. The summed E-state index contributed by atoms with van der Waals surface area (Å²) in [5.41, 5.74) is 1.82. The predicted octanol–water partition coefficient (Wildman–Crippen LogP) is 3.00. The first-order valence-corrected chi connectivity index (χ1v) is 5.11. The number of aryl methyl sites for hydroxylation is 1. The first-order valence-electron chi connectivity index (χ1n) is 4.74. The first-order chi connectivity index (χ1) is 6.66. The Balaban J connectivity index is 2.08. The Labute approximate surface area is 88.3 Å². The van der Waals surface area contributed by atoms with Gasteiger partial charge in [-0.05, 0) is 43.5 Å². The Morgan fingerprint density at radius 3 is 2.79 bits per heavy atom. The molecule has 1 aliphatic rings. The normalized spacial score (nSPS) is 15.3. The van der Waals surface area contributed by atoms with Crippen molar-refractivity contribution < 1.29 is 4.79 Å². The molecule has 3 heteroatoms. The number of hydrogen-bond donors (Lipinski definition) is 1. The first kappa shape index (κ1) is 9.53. The van der Waals surface area contributed by atoms with Gasteiger partial charge in [0, 0.05) is 16.6 Å². The highest BCUT2D eigenvalue weighted by atomic mass is 35.5. The molecule has 0 atom stereocenters. The lowest BCUT2D eigenvalue weighted by Gasteiger charge is -2.05. The Bertz CT molecular complexity index is 372. The summed E-state index contributed by atoms with van der Waals surface area (Å²) < 4.78 is 0. The number of amides is 1. The second kappa shape index (κ2) is 3.62. The summed E-state index contributed by atoms with van der Waals surface area (Å²) >= 11 is 5.88. The molecule has 1 aliphatic carbocycles. The van der Waals surface area contributed by atoms with Gasteiger partial charge in [-0.25, -0.2) is 0 Å². The zero-order chi connectivity index (χ0) is 10.1. The molecule has 0 heterocycles. The molecule has 0 bridgehead atoms. The highest BCUT2D eigenvalue weighted by molar-refractivity contribution is 6.31. The zero-order valence-electron chi connectivity index (χ0n) is 8.01. The average Bonchev–Trinajstić information content (AvgIpc) is 2.94. The van der Waals surface area contributed by atoms with Crippen LogP contribution in [-0.4, -0.2) is 5.91 Å². The molecule has 0 unspecified atom stereocenters. The number of benzene rings is 1. The molecular formula is C11H12ClNO. The maximum atomic E-state index is 11.4. The van der Waals surface area contributed by atoms with E-state index in [1.807, 2.05) is 19.1 Å². The molecule has 2 rings (SSSR count). The lowest BCUT2D eigenvalue weighted by molar-refractivity contribution is -0.117. The summed E-state index contributed by atoms with van der Waals surface area (Å²) in [6.45, 7) is 1.93. The summed E-state index contributed by atoms with van der Waals surface area (Å²) in [6.07, 6.45) is 2.05. The van der Waals surface area contributed by atoms with E-state index in [2.05, 4.69) is 5.32 Å². The standard InChI is InChI=1S/C11H12ClNO/c1-7-6-9(4-5-10(7)12)13-11(14)8-2-3-8/h4-6,8H,2-3H2,1H3,(H,13,14). The van der Waals surface area contributed by atoms with Gasteiger partial charge in [0.1, 0.15) is 0 Å². The summed E-state index contributed by atoms with van der Waals surface area (Å²) in [5, 5.41) is 3.61. The molecule has 1 N–H and O–H groups in total. The largest absolute Gasteiger partial charge is 0.326 e. The van der Waals surface area contributed by atoms with E-state index >= 15 is 0 Å². The smallest absolute Gasteiger partial charge is 0.227 e. The van der Waals surface area contributed by atoms with E-state index < -0.39 is 0 Å². The molecular weight excluding hydrogens is 198 g/mol. The number of hydrogen-bond acceptors (Lipinski definition) is 1. The minimum absolute atomic E-state index is 0.131. The fourth-order valence-corrected chi connectivity index (χ4v) is 1.43. The molecule has 0 spiro atoms. The van der Waals surface area contributed by atoms with E-state index in [1.165, 1.54) is 0 Å². The van der Waals surface area contributed by atoms with Crippen molar-refractivity contribution in [3.63, 3.8) is 0 Å². The summed E-state index contributed by atoms with van der Waals surface area (Å²) in [7, 11) is 0. The lowest BCUT2D eigenvalue weighted by Crippen LogP contribution is -2.13. The Morgan fingerprint density at radius 1 is 1.50 bits per heavy atom. The fourth-order valence-electron chi connectivity index (χ4n) is 1.31. The number of rotatable bonds is 2. The highest BCUT2D eigenvalue weighted by Crippen LogP contribution is 2.30. The molecule has 1 fully saturated rings. The molecule has 1 aromatic carbocycles. The van der Waals surface area contributed by atoms with Crippen LogP contribution in [0.3, 0.4) is 0 Å². The van der Waals surface area contributed by atoms with Crippen LogP contribution in [0.4, 0.5) is 5.69 Å². The molecule has 0 aliphatic heterocycles. The molecule has 0 aromatic heterocycles. The summed E-state index contributed by atoms with van der Waals surface area (Å²) in [4.78, 5) is 11.4. The molecule has 74 valence electrons. The third-order valence-corrected chi connectivity index (χ3v) is 2.80. The van der Waals surface area contributed by atoms with E-state index in [-0.39, 0.29) is 11.8 Å². The van der Waals surface area contributed by atoms with Crippen LogP contribution in [0.1, 0.15) is 18.4 Å². The summed E-state index contributed by atoms with van der Waals surface area (Å²) in [5.74, 6) is 0.373. The second-order valence-electron chi connectivity index (χ2n) is 3.73. The van der Waals surface area contributed by atoms with Gasteiger partial charge in [-0.3, -0.25) is 4.79 Å². The van der Waals surface area contributed by atoms with Crippen LogP contribution in [0.25, 0.3) is 0 Å². The van der Waals surface area contributed by atoms with Gasteiger partial charge in [-0.1, -0.05) is 11.6 Å². The average molecular weight is 210 g/mol. The fraction of sp³-hybridized carbons (Fsp3) is 0.364. The minimum Gasteiger partial charge on any atom is -0.326 e. The number of halogens is 1. The Morgan fingerprint density at radius 2 is 2.21 bits per heavy atom. The van der Waals surface area contributed by atoms with Gasteiger partial charge in [0.15, 0.2) is 0 Å². The lowest BCUT2D eigenvalue weighted by atomic mass is 10.2. The van der Waals surface area contributed by atoms with E-state index in [0.717, 1.165) is 29.1 Å². The van der Waals surface area contributed by atoms with Gasteiger partial charge in [-0.15, -0.1) is 0 Å². The van der Waals surface area contributed by atoms with Crippen molar-refractivity contribution in [2.24, 2.45) is 5.92 Å². The second-order valence-corrected chi connectivity index (χ2v) is 4.13. The van der Waals surface area contributed by atoms with Crippen molar-refractivity contribution >= 4 is 23.2 Å². The number of anilines is 1. The van der Waals surface area contributed by atoms with Gasteiger partial charge in [0.05, 0.1) is 0 Å². The van der Waals surface area contributed by atoms with Crippen LogP contribution in [0.5, 0.6) is 0 Å².